The van der Waals surface area contributed by atoms with Gasteiger partial charge in [-0.1, -0.05) is 38.1 Å². The van der Waals surface area contributed by atoms with Gasteiger partial charge in [0.05, 0.1) is 0 Å². The fourth-order valence-electron chi connectivity index (χ4n) is 2.15. The molecule has 0 aliphatic rings. The largest absolute Gasteiger partial charge is 0.326 e. The Labute approximate surface area is 155 Å². The Morgan fingerprint density at radius 1 is 0.917 bits per heavy atom. The molecule has 0 spiro atoms. The number of benzene rings is 2. The summed E-state index contributed by atoms with van der Waals surface area (Å²) in [7, 11) is 0. The van der Waals surface area contributed by atoms with E-state index >= 15 is 0 Å². The molecule has 0 fully saturated rings. The minimum Gasteiger partial charge on any atom is -0.326 e. The Morgan fingerprint density at radius 3 is 2.21 bits per heavy atom. The maximum absolute atomic E-state index is 12.5. The predicted molar refractivity (Wildman–Crippen MR) is 105 cm³/mol. The second-order valence-electron chi connectivity index (χ2n) is 5.69. The Kier molecular flexibility index (Phi) is 6.60. The zero-order valence-electron chi connectivity index (χ0n) is 13.5. The summed E-state index contributed by atoms with van der Waals surface area (Å²) in [6.45, 7) is 3.78. The highest BCUT2D eigenvalue weighted by molar-refractivity contribution is 14.1. The monoisotopic (exact) mass is 437 g/mol. The number of hydrogen-bond donors (Lipinski definition) is 3. The van der Waals surface area contributed by atoms with Gasteiger partial charge in [0.25, 0.3) is 0 Å². The molecule has 3 amide bonds. The molecule has 2 aromatic carbocycles. The van der Waals surface area contributed by atoms with Gasteiger partial charge in [-0.25, -0.2) is 4.79 Å². The van der Waals surface area contributed by atoms with Crippen molar-refractivity contribution in [3.05, 3.63) is 58.2 Å². The smallest absolute Gasteiger partial charge is 0.319 e. The number of halogens is 1. The van der Waals surface area contributed by atoms with Crippen molar-refractivity contribution in [3.8, 4) is 0 Å². The van der Waals surface area contributed by atoms with Gasteiger partial charge >= 0.3 is 6.03 Å². The molecule has 1 unspecified atom stereocenters. The highest BCUT2D eigenvalue weighted by Crippen LogP contribution is 2.14. The van der Waals surface area contributed by atoms with E-state index in [9.17, 15) is 9.59 Å². The summed E-state index contributed by atoms with van der Waals surface area (Å²) in [6.07, 6.45) is 0. The van der Waals surface area contributed by atoms with Crippen LogP contribution in [0.15, 0.2) is 54.6 Å². The fraction of sp³-hybridized carbons (Fsp3) is 0.222. The van der Waals surface area contributed by atoms with Crippen LogP contribution in [0.2, 0.25) is 0 Å². The molecule has 2 aromatic rings. The minimum atomic E-state index is -0.633. The standard InChI is InChI=1S/C18H20IN3O2/c1-12(2)16(17(23)20-15-10-6-7-13(19)11-15)22-18(24)21-14-8-4-3-5-9-14/h3-12,16H,1-2H3,(H,20,23)(H2,21,22,24). The summed E-state index contributed by atoms with van der Waals surface area (Å²) < 4.78 is 1.03. The lowest BCUT2D eigenvalue weighted by Gasteiger charge is -2.22. The molecule has 0 radical (unpaired) electrons. The minimum absolute atomic E-state index is 0.0469. The molecule has 0 aliphatic heterocycles. The number of para-hydroxylation sites is 1. The first-order chi connectivity index (χ1) is 11.5. The molecule has 0 aliphatic carbocycles. The fourth-order valence-corrected chi connectivity index (χ4v) is 2.69. The summed E-state index contributed by atoms with van der Waals surface area (Å²) in [5.41, 5.74) is 1.39. The number of carbonyl (C=O) groups excluding carboxylic acids is 2. The topological polar surface area (TPSA) is 70.2 Å². The second kappa shape index (κ2) is 8.68. The molecule has 3 N–H and O–H groups in total. The van der Waals surface area contributed by atoms with E-state index in [4.69, 9.17) is 0 Å². The summed E-state index contributed by atoms with van der Waals surface area (Å²) >= 11 is 2.18. The number of hydrogen-bond acceptors (Lipinski definition) is 2. The lowest BCUT2D eigenvalue weighted by atomic mass is 10.0. The summed E-state index contributed by atoms with van der Waals surface area (Å²) in [4.78, 5) is 24.6. The van der Waals surface area contributed by atoms with Gasteiger partial charge in [0, 0.05) is 14.9 Å². The zero-order valence-corrected chi connectivity index (χ0v) is 15.7. The molecule has 2 rings (SSSR count). The predicted octanol–water partition coefficient (Wildman–Crippen LogP) is 4.08. The van der Waals surface area contributed by atoms with Gasteiger partial charge in [-0.05, 0) is 58.8 Å². The van der Waals surface area contributed by atoms with E-state index in [1.165, 1.54) is 0 Å². The maximum Gasteiger partial charge on any atom is 0.319 e. The van der Waals surface area contributed by atoms with Gasteiger partial charge in [0.1, 0.15) is 6.04 Å². The molecule has 0 saturated heterocycles. The number of amides is 3. The van der Waals surface area contributed by atoms with Crippen LogP contribution < -0.4 is 16.0 Å². The van der Waals surface area contributed by atoms with Crippen molar-refractivity contribution in [3.63, 3.8) is 0 Å². The number of urea groups is 1. The van der Waals surface area contributed by atoms with Crippen molar-refractivity contribution in [2.75, 3.05) is 10.6 Å². The molecule has 0 saturated carbocycles. The van der Waals surface area contributed by atoms with Crippen LogP contribution in [-0.4, -0.2) is 18.0 Å². The first kappa shape index (κ1) is 18.3. The van der Waals surface area contributed by atoms with Crippen LogP contribution in [-0.2, 0) is 4.79 Å². The van der Waals surface area contributed by atoms with Crippen molar-refractivity contribution >= 4 is 45.9 Å². The number of anilines is 2. The van der Waals surface area contributed by atoms with E-state index in [0.29, 0.717) is 11.4 Å². The van der Waals surface area contributed by atoms with Crippen molar-refractivity contribution in [1.82, 2.24) is 5.32 Å². The van der Waals surface area contributed by atoms with Crippen molar-refractivity contribution in [2.45, 2.75) is 19.9 Å². The third-order valence-electron chi connectivity index (χ3n) is 3.36. The molecule has 6 heteroatoms. The van der Waals surface area contributed by atoms with Crippen LogP contribution >= 0.6 is 22.6 Å². The summed E-state index contributed by atoms with van der Waals surface area (Å²) in [6, 6.07) is 15.6. The van der Waals surface area contributed by atoms with Gasteiger partial charge in [0.15, 0.2) is 0 Å². The SMILES string of the molecule is CC(C)C(NC(=O)Nc1ccccc1)C(=O)Nc1cccc(I)c1. The second-order valence-corrected chi connectivity index (χ2v) is 6.93. The van der Waals surface area contributed by atoms with E-state index in [1.807, 2.05) is 56.3 Å². The summed E-state index contributed by atoms with van der Waals surface area (Å²) in [5, 5.41) is 8.31. The maximum atomic E-state index is 12.5. The van der Waals surface area contributed by atoms with E-state index < -0.39 is 12.1 Å². The van der Waals surface area contributed by atoms with Crippen LogP contribution in [0.1, 0.15) is 13.8 Å². The van der Waals surface area contributed by atoms with Gasteiger partial charge < -0.3 is 16.0 Å². The van der Waals surface area contributed by atoms with Gasteiger partial charge in [-0.3, -0.25) is 4.79 Å². The van der Waals surface area contributed by atoms with E-state index in [2.05, 4.69) is 38.5 Å². The van der Waals surface area contributed by atoms with Crippen molar-refractivity contribution < 1.29 is 9.59 Å². The molecular weight excluding hydrogens is 417 g/mol. The van der Waals surface area contributed by atoms with Gasteiger partial charge in [-0.2, -0.15) is 0 Å². The van der Waals surface area contributed by atoms with E-state index in [1.54, 1.807) is 12.1 Å². The molecule has 24 heavy (non-hydrogen) atoms. The molecular formula is C18H20IN3O2. The average Bonchev–Trinajstić information content (AvgIpc) is 2.53. The Hall–Kier alpha value is -2.09. The molecule has 0 bridgehead atoms. The number of carbonyl (C=O) groups is 2. The molecule has 0 aromatic heterocycles. The van der Waals surface area contributed by atoms with Crippen molar-refractivity contribution in [2.24, 2.45) is 5.92 Å². The molecule has 126 valence electrons. The Bertz CT molecular complexity index is 704. The normalized spacial score (nSPS) is 11.7. The third kappa shape index (κ3) is 5.52. The van der Waals surface area contributed by atoms with Crippen LogP contribution in [0.5, 0.6) is 0 Å². The number of nitrogens with one attached hydrogen (secondary N) is 3. The average molecular weight is 437 g/mol. The Balaban J connectivity index is 2.00. The molecule has 0 heterocycles. The van der Waals surface area contributed by atoms with Crippen molar-refractivity contribution in [1.29, 1.82) is 0 Å². The van der Waals surface area contributed by atoms with E-state index in [-0.39, 0.29) is 11.8 Å². The highest BCUT2D eigenvalue weighted by atomic mass is 127. The van der Waals surface area contributed by atoms with Gasteiger partial charge in [0.2, 0.25) is 5.91 Å². The lowest BCUT2D eigenvalue weighted by molar-refractivity contribution is -0.118. The quantitative estimate of drug-likeness (QED) is 0.618. The first-order valence-electron chi connectivity index (χ1n) is 7.64. The number of rotatable bonds is 5. The zero-order chi connectivity index (χ0) is 17.5. The molecule has 5 nitrogen and oxygen atoms in total. The van der Waals surface area contributed by atoms with Crippen LogP contribution in [0.4, 0.5) is 16.2 Å². The van der Waals surface area contributed by atoms with Crippen LogP contribution in [0, 0.1) is 9.49 Å². The van der Waals surface area contributed by atoms with Gasteiger partial charge in [-0.15, -0.1) is 0 Å². The lowest BCUT2D eigenvalue weighted by Crippen LogP contribution is -2.48. The van der Waals surface area contributed by atoms with Crippen LogP contribution in [0.25, 0.3) is 0 Å². The first-order valence-corrected chi connectivity index (χ1v) is 8.72. The molecule has 1 atom stereocenters. The van der Waals surface area contributed by atoms with Crippen LogP contribution in [0.3, 0.4) is 0 Å². The third-order valence-corrected chi connectivity index (χ3v) is 4.03. The Morgan fingerprint density at radius 2 is 1.58 bits per heavy atom. The van der Waals surface area contributed by atoms with E-state index in [0.717, 1.165) is 3.57 Å². The summed E-state index contributed by atoms with van der Waals surface area (Å²) in [5.74, 6) is -0.287. The highest BCUT2D eigenvalue weighted by Gasteiger charge is 2.24.